The van der Waals surface area contributed by atoms with Crippen LogP contribution in [0.25, 0.3) is 11.4 Å². The fourth-order valence-corrected chi connectivity index (χ4v) is 3.25. The number of methoxy groups -OCH3 is 1. The van der Waals surface area contributed by atoms with Crippen molar-refractivity contribution in [2.24, 2.45) is 0 Å². The molecule has 0 aliphatic heterocycles. The van der Waals surface area contributed by atoms with Gasteiger partial charge in [-0.15, -0.1) is 0 Å². The Balaban J connectivity index is 1.44. The van der Waals surface area contributed by atoms with Gasteiger partial charge < -0.3 is 15.4 Å². The minimum atomic E-state index is -0.352. The molecule has 0 radical (unpaired) electrons. The van der Waals surface area contributed by atoms with Gasteiger partial charge in [0, 0.05) is 28.7 Å². The van der Waals surface area contributed by atoms with Crippen molar-refractivity contribution in [2.45, 2.75) is 0 Å². The van der Waals surface area contributed by atoms with Gasteiger partial charge in [-0.25, -0.2) is 14.4 Å². The highest BCUT2D eigenvalue weighted by Gasteiger charge is 2.09. The molecule has 0 unspecified atom stereocenters. The van der Waals surface area contributed by atoms with E-state index in [0.29, 0.717) is 39.2 Å². The number of rotatable bonds is 6. The van der Waals surface area contributed by atoms with E-state index in [4.69, 9.17) is 16.3 Å². The molecular formula is C24H18ClFN4O2. The van der Waals surface area contributed by atoms with E-state index in [1.165, 1.54) is 19.2 Å². The number of amides is 1. The molecule has 3 aromatic carbocycles. The van der Waals surface area contributed by atoms with Crippen LogP contribution in [0, 0.1) is 5.82 Å². The van der Waals surface area contributed by atoms with Crippen molar-refractivity contribution >= 4 is 34.7 Å². The van der Waals surface area contributed by atoms with Crippen molar-refractivity contribution in [2.75, 3.05) is 17.7 Å². The average molecular weight is 449 g/mol. The zero-order chi connectivity index (χ0) is 22.5. The highest BCUT2D eigenvalue weighted by Crippen LogP contribution is 2.27. The highest BCUT2D eigenvalue weighted by molar-refractivity contribution is 6.32. The Bertz CT molecular complexity index is 1270. The molecule has 8 heteroatoms. The first-order chi connectivity index (χ1) is 15.5. The maximum absolute atomic E-state index is 13.5. The van der Waals surface area contributed by atoms with Crippen LogP contribution in [0.1, 0.15) is 10.4 Å². The predicted octanol–water partition coefficient (Wildman–Crippen LogP) is 5.94. The number of carbonyl (C=O) groups excluding carboxylic acids is 1. The molecule has 0 saturated carbocycles. The molecule has 6 nitrogen and oxygen atoms in total. The zero-order valence-corrected chi connectivity index (χ0v) is 17.7. The fraction of sp³-hybridized carbons (Fsp3) is 0.0417. The first-order valence-corrected chi connectivity index (χ1v) is 10.0. The van der Waals surface area contributed by atoms with Crippen LogP contribution in [-0.4, -0.2) is 23.0 Å². The molecule has 1 amide bonds. The molecular weight excluding hydrogens is 431 g/mol. The number of ether oxygens (including phenoxy) is 1. The summed E-state index contributed by atoms with van der Waals surface area (Å²) in [6.07, 6.45) is 1.59. The molecule has 4 aromatic rings. The molecule has 160 valence electrons. The van der Waals surface area contributed by atoms with E-state index in [1.54, 1.807) is 66.9 Å². The lowest BCUT2D eigenvalue weighted by Gasteiger charge is -2.10. The van der Waals surface area contributed by atoms with Crippen molar-refractivity contribution < 1.29 is 13.9 Å². The molecule has 0 bridgehead atoms. The van der Waals surface area contributed by atoms with Gasteiger partial charge in [-0.1, -0.05) is 23.7 Å². The number of anilines is 3. The summed E-state index contributed by atoms with van der Waals surface area (Å²) >= 11 is 6.10. The van der Waals surface area contributed by atoms with E-state index in [2.05, 4.69) is 20.6 Å². The van der Waals surface area contributed by atoms with E-state index >= 15 is 0 Å². The number of nitrogens with one attached hydrogen (secondary N) is 2. The quantitative estimate of drug-likeness (QED) is 0.381. The summed E-state index contributed by atoms with van der Waals surface area (Å²) in [4.78, 5) is 21.1. The van der Waals surface area contributed by atoms with Gasteiger partial charge in [0.1, 0.15) is 17.4 Å². The second-order valence-electron chi connectivity index (χ2n) is 6.78. The number of nitrogens with zero attached hydrogens (tertiary/aromatic N) is 2. The number of aromatic nitrogens is 2. The Labute approximate surface area is 189 Å². The van der Waals surface area contributed by atoms with Crippen molar-refractivity contribution in [1.29, 1.82) is 0 Å². The molecule has 0 aliphatic rings. The standard InChI is InChI=1S/C24H18ClFN4O2/c1-32-21-10-9-19(14-20(21)25)29-24(31)15-5-7-18(8-6-15)28-22-11-12-27-23(30-22)16-3-2-4-17(26)13-16/h2-14H,1H3,(H,29,31)(H,27,28,30). The van der Waals surface area contributed by atoms with Crippen molar-refractivity contribution in [1.82, 2.24) is 9.97 Å². The first kappa shape index (κ1) is 21.3. The Morgan fingerprint density at radius 1 is 1.00 bits per heavy atom. The molecule has 0 fully saturated rings. The van der Waals surface area contributed by atoms with Gasteiger partial charge >= 0.3 is 0 Å². The molecule has 0 aliphatic carbocycles. The molecule has 1 aromatic heterocycles. The lowest BCUT2D eigenvalue weighted by atomic mass is 10.2. The molecule has 0 saturated heterocycles. The lowest BCUT2D eigenvalue weighted by Crippen LogP contribution is -2.11. The summed E-state index contributed by atoms with van der Waals surface area (Å²) in [6.45, 7) is 0. The van der Waals surface area contributed by atoms with Crippen LogP contribution >= 0.6 is 11.6 Å². The summed E-state index contributed by atoms with van der Waals surface area (Å²) in [7, 11) is 1.53. The predicted molar refractivity (Wildman–Crippen MR) is 123 cm³/mol. The van der Waals surface area contributed by atoms with Gasteiger partial charge in [-0.2, -0.15) is 0 Å². The number of halogens is 2. The summed E-state index contributed by atoms with van der Waals surface area (Å²) < 4.78 is 18.6. The maximum atomic E-state index is 13.5. The Hall–Kier alpha value is -3.97. The van der Waals surface area contributed by atoms with Gasteiger partial charge in [0.2, 0.25) is 0 Å². The van der Waals surface area contributed by atoms with Crippen molar-refractivity contribution in [3.63, 3.8) is 0 Å². The van der Waals surface area contributed by atoms with Crippen LogP contribution in [0.15, 0.2) is 79.0 Å². The average Bonchev–Trinajstić information content (AvgIpc) is 2.80. The summed E-state index contributed by atoms with van der Waals surface area (Å²) in [5.74, 6) is 0.863. The Morgan fingerprint density at radius 2 is 1.78 bits per heavy atom. The largest absolute Gasteiger partial charge is 0.495 e. The lowest BCUT2D eigenvalue weighted by molar-refractivity contribution is 0.102. The van der Waals surface area contributed by atoms with Gasteiger partial charge in [0.25, 0.3) is 5.91 Å². The van der Waals surface area contributed by atoms with E-state index < -0.39 is 0 Å². The van der Waals surface area contributed by atoms with E-state index in [-0.39, 0.29) is 11.7 Å². The maximum Gasteiger partial charge on any atom is 0.255 e. The SMILES string of the molecule is COc1ccc(NC(=O)c2ccc(Nc3ccnc(-c4cccc(F)c4)n3)cc2)cc1Cl. The van der Waals surface area contributed by atoms with Gasteiger partial charge in [-0.05, 0) is 60.7 Å². The first-order valence-electron chi connectivity index (χ1n) is 9.63. The van der Waals surface area contributed by atoms with Crippen LogP contribution in [-0.2, 0) is 0 Å². The number of carbonyl (C=O) groups is 1. The van der Waals surface area contributed by atoms with Gasteiger partial charge in [-0.3, -0.25) is 4.79 Å². The van der Waals surface area contributed by atoms with Gasteiger partial charge in [0.15, 0.2) is 5.82 Å². The van der Waals surface area contributed by atoms with Crippen molar-refractivity contribution in [3.05, 3.63) is 95.4 Å². The van der Waals surface area contributed by atoms with Crippen LogP contribution < -0.4 is 15.4 Å². The minimum absolute atomic E-state index is 0.270. The second-order valence-corrected chi connectivity index (χ2v) is 7.19. The second kappa shape index (κ2) is 9.45. The van der Waals surface area contributed by atoms with E-state index in [9.17, 15) is 9.18 Å². The van der Waals surface area contributed by atoms with E-state index in [1.807, 2.05) is 0 Å². The highest BCUT2D eigenvalue weighted by atomic mass is 35.5. The number of hydrogen-bond donors (Lipinski definition) is 2. The summed E-state index contributed by atoms with van der Waals surface area (Å²) in [6, 6.07) is 19.7. The molecule has 4 rings (SSSR count). The fourth-order valence-electron chi connectivity index (χ4n) is 3.00. The van der Waals surface area contributed by atoms with Crippen LogP contribution in [0.4, 0.5) is 21.6 Å². The molecule has 1 heterocycles. The normalized spacial score (nSPS) is 10.5. The summed E-state index contributed by atoms with van der Waals surface area (Å²) in [5.41, 5.74) is 2.36. The third-order valence-electron chi connectivity index (χ3n) is 4.57. The molecule has 0 spiro atoms. The van der Waals surface area contributed by atoms with Crippen molar-refractivity contribution in [3.8, 4) is 17.1 Å². The Kier molecular flexibility index (Phi) is 6.28. The van der Waals surface area contributed by atoms with Crippen LogP contribution in [0.5, 0.6) is 5.75 Å². The number of benzene rings is 3. The smallest absolute Gasteiger partial charge is 0.255 e. The molecule has 0 atom stereocenters. The van der Waals surface area contributed by atoms with Gasteiger partial charge in [0.05, 0.1) is 12.1 Å². The zero-order valence-electron chi connectivity index (χ0n) is 17.0. The topological polar surface area (TPSA) is 76.1 Å². The minimum Gasteiger partial charge on any atom is -0.495 e. The molecule has 32 heavy (non-hydrogen) atoms. The third-order valence-corrected chi connectivity index (χ3v) is 4.86. The Morgan fingerprint density at radius 3 is 2.50 bits per heavy atom. The van der Waals surface area contributed by atoms with E-state index in [0.717, 1.165) is 5.69 Å². The summed E-state index contributed by atoms with van der Waals surface area (Å²) in [5, 5.41) is 6.37. The number of hydrogen-bond acceptors (Lipinski definition) is 5. The van der Waals surface area contributed by atoms with Crippen LogP contribution in [0.3, 0.4) is 0 Å². The molecule has 2 N–H and O–H groups in total. The third kappa shape index (κ3) is 5.01. The van der Waals surface area contributed by atoms with Crippen LogP contribution in [0.2, 0.25) is 5.02 Å². The monoisotopic (exact) mass is 448 g/mol.